The molecule has 0 radical (unpaired) electrons. The molecule has 2 amide bonds. The molecule has 22 heavy (non-hydrogen) atoms. The molecular weight excluding hydrogens is 395 g/mol. The van der Waals surface area contributed by atoms with Crippen molar-refractivity contribution in [3.05, 3.63) is 12.2 Å². The van der Waals surface area contributed by atoms with Gasteiger partial charge in [0.1, 0.15) is 0 Å². The van der Waals surface area contributed by atoms with Crippen molar-refractivity contribution in [1.29, 1.82) is 0 Å². The van der Waals surface area contributed by atoms with Gasteiger partial charge in [0.15, 0.2) is 5.96 Å². The fourth-order valence-electron chi connectivity index (χ4n) is 4.12. The standard InChI is InChI=1S/C15H20N4O2.HI/c20-13-11-9-2-3-10(8-9)12(11)14(21)19(13)7-6-18-15-16-4-1-5-17-15;/h2-3,9-12H,1,4-8H2,(H2,16,17,18);1H. The Balaban J connectivity index is 0.00000144. The number of nitrogens with one attached hydrogen (secondary N) is 2. The minimum atomic E-state index is -0.0855. The molecule has 2 N–H and O–H groups in total. The molecule has 0 aromatic carbocycles. The van der Waals surface area contributed by atoms with Gasteiger partial charge in [-0.3, -0.25) is 19.5 Å². The van der Waals surface area contributed by atoms with Gasteiger partial charge in [-0.15, -0.1) is 24.0 Å². The Bertz CT molecular complexity index is 518. The quantitative estimate of drug-likeness (QED) is 0.396. The van der Waals surface area contributed by atoms with Crippen molar-refractivity contribution in [2.45, 2.75) is 12.8 Å². The van der Waals surface area contributed by atoms with Crippen LogP contribution in [0, 0.1) is 23.7 Å². The predicted molar refractivity (Wildman–Crippen MR) is 92.8 cm³/mol. The molecule has 2 aliphatic heterocycles. The van der Waals surface area contributed by atoms with Gasteiger partial charge in [-0.05, 0) is 24.7 Å². The Morgan fingerprint density at radius 2 is 1.91 bits per heavy atom. The topological polar surface area (TPSA) is 73.8 Å². The third kappa shape index (κ3) is 2.43. The third-order valence-electron chi connectivity index (χ3n) is 5.09. The van der Waals surface area contributed by atoms with Gasteiger partial charge in [-0.25, -0.2) is 0 Å². The molecule has 120 valence electrons. The van der Waals surface area contributed by atoms with Crippen LogP contribution in [0.15, 0.2) is 17.1 Å². The first kappa shape index (κ1) is 15.8. The normalized spacial score (nSPS) is 35.1. The second kappa shape index (κ2) is 6.17. The summed E-state index contributed by atoms with van der Waals surface area (Å²) in [6.45, 7) is 2.75. The number of hydrogen-bond donors (Lipinski definition) is 2. The second-order valence-electron chi connectivity index (χ2n) is 6.27. The predicted octanol–water partition coefficient (Wildman–Crippen LogP) is 0.350. The first-order valence-corrected chi connectivity index (χ1v) is 7.81. The zero-order chi connectivity index (χ0) is 14.4. The van der Waals surface area contributed by atoms with E-state index in [4.69, 9.17) is 0 Å². The van der Waals surface area contributed by atoms with Gasteiger partial charge in [0.2, 0.25) is 11.8 Å². The lowest BCUT2D eigenvalue weighted by Gasteiger charge is -2.20. The number of likely N-dealkylation sites (tertiary alicyclic amines) is 1. The summed E-state index contributed by atoms with van der Waals surface area (Å²) < 4.78 is 0. The number of guanidine groups is 1. The van der Waals surface area contributed by atoms with Crippen LogP contribution in [-0.4, -0.2) is 48.9 Å². The molecule has 6 nitrogen and oxygen atoms in total. The zero-order valence-electron chi connectivity index (χ0n) is 12.3. The van der Waals surface area contributed by atoms with Crippen LogP contribution in [0.1, 0.15) is 12.8 Å². The number of imide groups is 1. The number of fused-ring (bicyclic) bond motifs is 5. The Hall–Kier alpha value is -1.12. The highest BCUT2D eigenvalue weighted by molar-refractivity contribution is 14.0. The van der Waals surface area contributed by atoms with Gasteiger partial charge < -0.3 is 10.6 Å². The molecule has 4 rings (SSSR count). The SMILES string of the molecule is I.O=C1C2C3C=CC(C3)C2C(=O)N1CCNC1=NCCCN1. The molecule has 2 heterocycles. The Labute approximate surface area is 146 Å². The number of rotatable bonds is 3. The van der Waals surface area contributed by atoms with Gasteiger partial charge in [0.25, 0.3) is 0 Å². The highest BCUT2D eigenvalue weighted by Gasteiger charge is 2.58. The largest absolute Gasteiger partial charge is 0.356 e. The molecule has 4 unspecified atom stereocenters. The smallest absolute Gasteiger partial charge is 0.233 e. The van der Waals surface area contributed by atoms with Gasteiger partial charge in [-0.2, -0.15) is 0 Å². The van der Waals surface area contributed by atoms with Crippen molar-refractivity contribution in [2.75, 3.05) is 26.2 Å². The average Bonchev–Trinajstić information content (AvgIpc) is 3.17. The van der Waals surface area contributed by atoms with E-state index in [1.807, 2.05) is 0 Å². The van der Waals surface area contributed by atoms with Crippen molar-refractivity contribution in [1.82, 2.24) is 15.5 Å². The van der Waals surface area contributed by atoms with Gasteiger partial charge >= 0.3 is 0 Å². The third-order valence-corrected chi connectivity index (χ3v) is 5.09. The van der Waals surface area contributed by atoms with E-state index in [0.717, 1.165) is 31.9 Å². The number of carbonyl (C=O) groups is 2. The Morgan fingerprint density at radius 3 is 2.50 bits per heavy atom. The van der Waals surface area contributed by atoms with Crippen LogP contribution in [0.3, 0.4) is 0 Å². The average molecular weight is 416 g/mol. The molecule has 2 aliphatic carbocycles. The van der Waals surface area contributed by atoms with Crippen LogP contribution in [0.25, 0.3) is 0 Å². The number of aliphatic imine (C=N–C) groups is 1. The van der Waals surface area contributed by atoms with Gasteiger partial charge in [0, 0.05) is 26.2 Å². The number of nitrogens with zero attached hydrogens (tertiary/aromatic N) is 2. The molecule has 0 aromatic heterocycles. The molecule has 1 saturated carbocycles. The van der Waals surface area contributed by atoms with Crippen LogP contribution in [0.5, 0.6) is 0 Å². The van der Waals surface area contributed by atoms with Gasteiger partial charge in [0.05, 0.1) is 11.8 Å². The molecule has 4 atom stereocenters. The van der Waals surface area contributed by atoms with Crippen molar-refractivity contribution in [3.63, 3.8) is 0 Å². The maximum atomic E-state index is 12.5. The van der Waals surface area contributed by atoms with Crippen molar-refractivity contribution in [3.8, 4) is 0 Å². The molecule has 1 saturated heterocycles. The van der Waals surface area contributed by atoms with E-state index in [2.05, 4.69) is 27.8 Å². The van der Waals surface area contributed by atoms with E-state index in [9.17, 15) is 9.59 Å². The molecule has 0 spiro atoms. The summed E-state index contributed by atoms with van der Waals surface area (Å²) in [5.41, 5.74) is 0. The highest BCUT2D eigenvalue weighted by atomic mass is 127. The number of amides is 2. The van der Waals surface area contributed by atoms with Crippen molar-refractivity contribution in [2.24, 2.45) is 28.7 Å². The maximum absolute atomic E-state index is 12.5. The summed E-state index contributed by atoms with van der Waals surface area (Å²) in [5.74, 6) is 1.25. The van der Waals surface area contributed by atoms with E-state index in [1.54, 1.807) is 0 Å². The van der Waals surface area contributed by atoms with Crippen LogP contribution >= 0.6 is 24.0 Å². The first-order chi connectivity index (χ1) is 10.3. The maximum Gasteiger partial charge on any atom is 0.233 e. The summed E-state index contributed by atoms with van der Waals surface area (Å²) >= 11 is 0. The summed E-state index contributed by atoms with van der Waals surface area (Å²) in [4.78, 5) is 30.7. The van der Waals surface area contributed by atoms with E-state index in [1.165, 1.54) is 4.90 Å². The van der Waals surface area contributed by atoms with Crippen molar-refractivity contribution < 1.29 is 9.59 Å². The molecule has 0 aromatic rings. The van der Waals surface area contributed by atoms with Crippen LogP contribution in [0.2, 0.25) is 0 Å². The van der Waals surface area contributed by atoms with E-state index < -0.39 is 0 Å². The van der Waals surface area contributed by atoms with E-state index in [-0.39, 0.29) is 47.6 Å². The highest BCUT2D eigenvalue weighted by Crippen LogP contribution is 2.52. The second-order valence-corrected chi connectivity index (χ2v) is 6.27. The lowest BCUT2D eigenvalue weighted by molar-refractivity contribution is -0.140. The Morgan fingerprint density at radius 1 is 1.23 bits per heavy atom. The first-order valence-electron chi connectivity index (χ1n) is 7.81. The number of allylic oxidation sites excluding steroid dienone is 2. The van der Waals surface area contributed by atoms with Gasteiger partial charge in [-0.1, -0.05) is 12.2 Å². The fourth-order valence-corrected chi connectivity index (χ4v) is 4.12. The molecular formula is C15H21IN4O2. The number of carbonyl (C=O) groups excluding carboxylic acids is 2. The van der Waals surface area contributed by atoms with Crippen LogP contribution in [0.4, 0.5) is 0 Å². The fraction of sp³-hybridized carbons (Fsp3) is 0.667. The van der Waals surface area contributed by atoms with Crippen LogP contribution < -0.4 is 10.6 Å². The zero-order valence-corrected chi connectivity index (χ0v) is 14.7. The van der Waals surface area contributed by atoms with E-state index in [0.29, 0.717) is 24.9 Å². The molecule has 2 bridgehead atoms. The summed E-state index contributed by atoms with van der Waals surface area (Å²) in [6.07, 6.45) is 6.28. The lowest BCUT2D eigenvalue weighted by atomic mass is 9.85. The molecule has 2 fully saturated rings. The minimum Gasteiger partial charge on any atom is -0.356 e. The summed E-state index contributed by atoms with van der Waals surface area (Å²) in [5, 5.41) is 6.34. The van der Waals surface area contributed by atoms with E-state index >= 15 is 0 Å². The molecule has 4 aliphatic rings. The lowest BCUT2D eigenvalue weighted by Crippen LogP contribution is -2.45. The number of hydrogen-bond acceptors (Lipinski definition) is 5. The van der Waals surface area contributed by atoms with Crippen molar-refractivity contribution >= 4 is 41.8 Å². The van der Waals surface area contributed by atoms with Crippen LogP contribution in [-0.2, 0) is 9.59 Å². The Kier molecular flexibility index (Phi) is 4.42. The summed E-state index contributed by atoms with van der Waals surface area (Å²) in [6, 6.07) is 0. The number of halogens is 1. The summed E-state index contributed by atoms with van der Waals surface area (Å²) in [7, 11) is 0. The minimum absolute atomic E-state index is 0. The monoisotopic (exact) mass is 416 g/mol. The molecule has 7 heteroatoms.